The Morgan fingerprint density at radius 3 is 2.24 bits per heavy atom. The highest BCUT2D eigenvalue weighted by atomic mass is 16.2. The van der Waals surface area contributed by atoms with Crippen molar-refractivity contribution in [1.29, 1.82) is 0 Å². The van der Waals surface area contributed by atoms with Crippen LogP contribution in [0.25, 0.3) is 0 Å². The largest absolute Gasteiger partial charge is 0.412 e. The summed E-state index contributed by atoms with van der Waals surface area (Å²) in [4.78, 5) is 13.3. The van der Waals surface area contributed by atoms with Gasteiger partial charge in [-0.3, -0.25) is 9.69 Å². The fourth-order valence-electron chi connectivity index (χ4n) is 1.85. The zero-order chi connectivity index (χ0) is 11.7. The number of carbonyl (C=O) groups excluding carboxylic acids is 1. The van der Waals surface area contributed by atoms with Gasteiger partial charge < -0.3 is 5.48 Å². The molecular formula is C14H15NO2. The Labute approximate surface area is 101 Å². The van der Waals surface area contributed by atoms with E-state index in [0.29, 0.717) is 5.70 Å². The summed E-state index contributed by atoms with van der Waals surface area (Å²) in [5.74, 6) is -0.0995. The average Bonchev–Trinajstić information content (AvgIpc) is 2.15. The molecule has 2 rings (SSSR count). The molecule has 17 heavy (non-hydrogen) atoms. The van der Waals surface area contributed by atoms with Crippen molar-refractivity contribution in [3.63, 3.8) is 0 Å². The summed E-state index contributed by atoms with van der Waals surface area (Å²) in [6.45, 7) is 7.88. The summed E-state index contributed by atoms with van der Waals surface area (Å²) in [5, 5.41) is 0. The predicted octanol–water partition coefficient (Wildman–Crippen LogP) is 2.05. The monoisotopic (exact) mass is 229 g/mol. The van der Waals surface area contributed by atoms with Crippen molar-refractivity contribution >= 4 is 11.6 Å². The molecule has 1 aromatic rings. The first-order valence-corrected chi connectivity index (χ1v) is 5.12. The lowest BCUT2D eigenvalue weighted by Crippen LogP contribution is -2.28. The predicted molar refractivity (Wildman–Crippen MR) is 68.8 cm³/mol. The highest BCUT2D eigenvalue weighted by molar-refractivity contribution is 6.05. The van der Waals surface area contributed by atoms with E-state index >= 15 is 0 Å². The molecule has 1 aliphatic heterocycles. The number of benzene rings is 1. The van der Waals surface area contributed by atoms with Crippen LogP contribution in [0.5, 0.6) is 0 Å². The van der Waals surface area contributed by atoms with Crippen molar-refractivity contribution in [1.82, 2.24) is 0 Å². The lowest BCUT2D eigenvalue weighted by molar-refractivity contribution is -0.113. The molecule has 0 radical (unpaired) electrons. The Balaban J connectivity index is 0.00000144. The van der Waals surface area contributed by atoms with E-state index in [4.69, 9.17) is 0 Å². The minimum Gasteiger partial charge on any atom is -0.412 e. The SMILES string of the molecule is C=C1C=C=CC(=O)N1c1cc(C)cc(C)c1.O. The van der Waals surface area contributed by atoms with Gasteiger partial charge in [0.25, 0.3) is 5.91 Å². The van der Waals surface area contributed by atoms with E-state index in [1.807, 2.05) is 26.0 Å². The fraction of sp³-hybridized carbons (Fsp3) is 0.143. The third kappa shape index (κ3) is 2.53. The number of carbonyl (C=O) groups is 1. The minimum atomic E-state index is -0.0995. The molecule has 0 saturated heterocycles. The topological polar surface area (TPSA) is 51.8 Å². The van der Waals surface area contributed by atoms with Crippen LogP contribution in [0.3, 0.4) is 0 Å². The van der Waals surface area contributed by atoms with Gasteiger partial charge in [-0.2, -0.15) is 0 Å². The van der Waals surface area contributed by atoms with Gasteiger partial charge in [0, 0.05) is 23.5 Å². The minimum absolute atomic E-state index is 0. The van der Waals surface area contributed by atoms with Crippen LogP contribution in [0, 0.1) is 13.8 Å². The third-order valence-electron chi connectivity index (χ3n) is 2.43. The molecule has 1 aliphatic rings. The van der Waals surface area contributed by atoms with Crippen LogP contribution in [0.1, 0.15) is 11.1 Å². The summed E-state index contributed by atoms with van der Waals surface area (Å²) in [5.41, 5.74) is 6.55. The molecule has 0 saturated carbocycles. The van der Waals surface area contributed by atoms with Gasteiger partial charge in [0.1, 0.15) is 0 Å². The Morgan fingerprint density at radius 1 is 1.12 bits per heavy atom. The number of allylic oxidation sites excluding steroid dienone is 1. The van der Waals surface area contributed by atoms with Crippen LogP contribution in [-0.4, -0.2) is 11.4 Å². The van der Waals surface area contributed by atoms with Crippen molar-refractivity contribution in [2.75, 3.05) is 4.90 Å². The molecule has 0 unspecified atom stereocenters. The Kier molecular flexibility index (Phi) is 3.69. The summed E-state index contributed by atoms with van der Waals surface area (Å²) in [6, 6.07) is 6.03. The number of aryl methyl sites for hydroxylation is 2. The van der Waals surface area contributed by atoms with Gasteiger partial charge in [0.2, 0.25) is 0 Å². The van der Waals surface area contributed by atoms with Gasteiger partial charge in [-0.15, -0.1) is 5.73 Å². The van der Waals surface area contributed by atoms with E-state index in [0.717, 1.165) is 16.8 Å². The van der Waals surface area contributed by atoms with Crippen LogP contribution in [0.4, 0.5) is 5.69 Å². The van der Waals surface area contributed by atoms with Gasteiger partial charge in [-0.05, 0) is 37.1 Å². The van der Waals surface area contributed by atoms with E-state index in [1.54, 1.807) is 11.0 Å². The molecule has 0 aromatic heterocycles. The smallest absolute Gasteiger partial charge is 0.263 e. The molecular weight excluding hydrogens is 214 g/mol. The zero-order valence-electron chi connectivity index (χ0n) is 9.95. The molecule has 1 aromatic carbocycles. The second-order valence-corrected chi connectivity index (χ2v) is 3.97. The van der Waals surface area contributed by atoms with Crippen LogP contribution < -0.4 is 4.90 Å². The summed E-state index contributed by atoms with van der Waals surface area (Å²) < 4.78 is 0. The lowest BCUT2D eigenvalue weighted by Gasteiger charge is -2.23. The van der Waals surface area contributed by atoms with Crippen molar-refractivity contribution in [2.45, 2.75) is 13.8 Å². The van der Waals surface area contributed by atoms with Gasteiger partial charge in [0.05, 0.1) is 0 Å². The normalized spacial score (nSPS) is 13.9. The second-order valence-electron chi connectivity index (χ2n) is 3.97. The van der Waals surface area contributed by atoms with Crippen molar-refractivity contribution in [3.05, 3.63) is 59.5 Å². The van der Waals surface area contributed by atoms with Crippen molar-refractivity contribution < 1.29 is 10.3 Å². The third-order valence-corrected chi connectivity index (χ3v) is 2.43. The van der Waals surface area contributed by atoms with E-state index in [-0.39, 0.29) is 11.4 Å². The molecule has 1 amide bonds. The Morgan fingerprint density at radius 2 is 1.71 bits per heavy atom. The first-order chi connectivity index (χ1) is 7.58. The maximum Gasteiger partial charge on any atom is 0.263 e. The highest BCUT2D eigenvalue weighted by Crippen LogP contribution is 2.24. The van der Waals surface area contributed by atoms with E-state index in [9.17, 15) is 4.79 Å². The number of hydrogen-bond acceptors (Lipinski definition) is 1. The molecule has 3 nitrogen and oxygen atoms in total. The van der Waals surface area contributed by atoms with Gasteiger partial charge in [-0.25, -0.2) is 0 Å². The van der Waals surface area contributed by atoms with Crippen molar-refractivity contribution in [2.24, 2.45) is 0 Å². The second kappa shape index (κ2) is 4.83. The Hall–Kier alpha value is -2.09. The van der Waals surface area contributed by atoms with Crippen LogP contribution >= 0.6 is 0 Å². The molecule has 0 aliphatic carbocycles. The van der Waals surface area contributed by atoms with E-state index < -0.39 is 0 Å². The standard InChI is InChI=1S/C14H13NO.H2O/c1-10-7-11(2)9-13(8-10)15-12(3)5-4-6-14(15)16;/h5-9H,3H2,1-2H3;1H2. The summed E-state index contributed by atoms with van der Waals surface area (Å²) in [6.07, 6.45) is 3.13. The average molecular weight is 229 g/mol. The van der Waals surface area contributed by atoms with Crippen molar-refractivity contribution in [3.8, 4) is 0 Å². The number of nitrogens with zero attached hydrogens (tertiary/aromatic N) is 1. The molecule has 0 spiro atoms. The van der Waals surface area contributed by atoms with Crippen LogP contribution in [0.2, 0.25) is 0 Å². The molecule has 88 valence electrons. The van der Waals surface area contributed by atoms with Crippen LogP contribution in [-0.2, 0) is 4.79 Å². The van der Waals surface area contributed by atoms with E-state index in [2.05, 4.69) is 18.4 Å². The Bertz CT molecular complexity index is 497. The molecule has 3 heteroatoms. The lowest BCUT2D eigenvalue weighted by atomic mass is 10.1. The number of hydrogen-bond donors (Lipinski definition) is 0. The quantitative estimate of drug-likeness (QED) is 0.680. The number of amides is 1. The zero-order valence-corrected chi connectivity index (χ0v) is 9.95. The fourth-order valence-corrected chi connectivity index (χ4v) is 1.85. The van der Waals surface area contributed by atoms with Gasteiger partial charge in [-0.1, -0.05) is 12.6 Å². The molecule has 0 atom stereocenters. The first kappa shape index (κ1) is 13.0. The van der Waals surface area contributed by atoms with Crippen LogP contribution in [0.15, 0.2) is 48.4 Å². The van der Waals surface area contributed by atoms with Gasteiger partial charge in [0.15, 0.2) is 0 Å². The molecule has 2 N–H and O–H groups in total. The summed E-state index contributed by atoms with van der Waals surface area (Å²) in [7, 11) is 0. The van der Waals surface area contributed by atoms with E-state index in [1.165, 1.54) is 6.08 Å². The van der Waals surface area contributed by atoms with Gasteiger partial charge >= 0.3 is 0 Å². The highest BCUT2D eigenvalue weighted by Gasteiger charge is 2.17. The molecule has 0 bridgehead atoms. The number of rotatable bonds is 1. The number of anilines is 1. The molecule has 0 fully saturated rings. The first-order valence-electron chi connectivity index (χ1n) is 5.12. The summed E-state index contributed by atoms with van der Waals surface area (Å²) >= 11 is 0. The molecule has 1 heterocycles. The maximum absolute atomic E-state index is 11.8. The maximum atomic E-state index is 11.8.